The van der Waals surface area contributed by atoms with E-state index in [0.717, 1.165) is 0 Å². The van der Waals surface area contributed by atoms with Gasteiger partial charge in [0.15, 0.2) is 0 Å². The third-order valence-electron chi connectivity index (χ3n) is 6.06. The summed E-state index contributed by atoms with van der Waals surface area (Å²) in [4.78, 5) is 55.2. The first kappa shape index (κ1) is 24.9. The Hall–Kier alpha value is -4.76. The van der Waals surface area contributed by atoms with E-state index in [-0.39, 0.29) is 19.8 Å². The van der Waals surface area contributed by atoms with E-state index in [1.54, 1.807) is 72.8 Å². The maximum absolute atomic E-state index is 13.9. The number of ether oxygens (including phenoxy) is 1. The lowest BCUT2D eigenvalue weighted by Crippen LogP contribution is -2.80. The van der Waals surface area contributed by atoms with Gasteiger partial charge < -0.3 is 4.74 Å². The molecule has 0 radical (unpaired) electrons. The Morgan fingerprint density at radius 2 is 1.21 bits per heavy atom. The van der Waals surface area contributed by atoms with Gasteiger partial charge in [-0.25, -0.2) is 21.5 Å². The molecule has 192 valence electrons. The van der Waals surface area contributed by atoms with E-state index in [1.807, 2.05) is 18.2 Å². The number of imide groups is 1. The molecule has 0 aromatic heterocycles. The first-order valence-electron chi connectivity index (χ1n) is 11.7. The van der Waals surface area contributed by atoms with Crippen LogP contribution < -0.4 is 10.6 Å². The fourth-order valence-electron chi connectivity index (χ4n) is 4.18. The maximum atomic E-state index is 13.9. The van der Waals surface area contributed by atoms with Crippen molar-refractivity contribution in [2.75, 3.05) is 0 Å². The van der Waals surface area contributed by atoms with Crippen molar-refractivity contribution in [3.63, 3.8) is 0 Å². The van der Waals surface area contributed by atoms with Crippen molar-refractivity contribution < 1.29 is 28.8 Å². The highest BCUT2D eigenvalue weighted by Gasteiger charge is 2.82. The fraction of sp³-hybridized carbons (Fsp3) is 0.185. The Bertz CT molecular complexity index is 1370. The van der Waals surface area contributed by atoms with Gasteiger partial charge in [0.1, 0.15) is 13.2 Å². The van der Waals surface area contributed by atoms with Gasteiger partial charge in [-0.05, 0) is 16.7 Å². The van der Waals surface area contributed by atoms with Crippen LogP contribution in [0.15, 0.2) is 91.0 Å². The van der Waals surface area contributed by atoms with Crippen molar-refractivity contribution in [1.82, 2.24) is 20.8 Å². The van der Waals surface area contributed by atoms with Crippen molar-refractivity contribution >= 4 is 18.0 Å². The van der Waals surface area contributed by atoms with Crippen LogP contribution in [0.5, 0.6) is 0 Å². The van der Waals surface area contributed by atoms with E-state index >= 15 is 0 Å². The molecule has 2 unspecified atom stereocenters. The van der Waals surface area contributed by atoms with Crippen molar-refractivity contribution in [3.05, 3.63) is 119 Å². The van der Waals surface area contributed by atoms with Crippen LogP contribution in [0.25, 0.3) is 4.85 Å². The number of hydroxylamine groups is 4. The lowest BCUT2D eigenvalue weighted by molar-refractivity contribution is -0.289. The first-order chi connectivity index (χ1) is 18.5. The molecule has 11 nitrogen and oxygen atoms in total. The number of hydrogen-bond acceptors (Lipinski definition) is 6. The van der Waals surface area contributed by atoms with Gasteiger partial charge in [0.2, 0.25) is 0 Å². The lowest BCUT2D eigenvalue weighted by atomic mass is 10.0. The van der Waals surface area contributed by atoms with Gasteiger partial charge in [0, 0.05) is 0 Å². The van der Waals surface area contributed by atoms with Gasteiger partial charge in [0.05, 0.1) is 6.61 Å². The summed E-state index contributed by atoms with van der Waals surface area (Å²) < 4.78 is 6.02. The molecule has 0 aliphatic carbocycles. The molecule has 2 aliphatic rings. The minimum absolute atomic E-state index is 0.144. The normalized spacial score (nSPS) is 22.4. The summed E-state index contributed by atoms with van der Waals surface area (Å²) in [5.41, 5.74) is -0.356. The zero-order chi connectivity index (χ0) is 26.6. The second-order valence-corrected chi connectivity index (χ2v) is 8.51. The van der Waals surface area contributed by atoms with E-state index < -0.39 is 29.5 Å². The van der Waals surface area contributed by atoms with E-state index in [9.17, 15) is 14.4 Å². The number of rotatable bonds is 9. The number of nitrogens with one attached hydrogen (secondary N) is 2. The Morgan fingerprint density at radius 1 is 0.711 bits per heavy atom. The second kappa shape index (κ2) is 10.3. The highest BCUT2D eigenvalue weighted by molar-refractivity contribution is 6.06. The molecular formula is C27H23N5O6. The molecule has 3 aromatic carbocycles. The van der Waals surface area contributed by atoms with Crippen molar-refractivity contribution in [3.8, 4) is 0 Å². The quantitative estimate of drug-likeness (QED) is 0.425. The molecule has 3 aromatic rings. The van der Waals surface area contributed by atoms with Crippen LogP contribution in [0.3, 0.4) is 0 Å². The molecule has 2 atom stereocenters. The molecule has 0 bridgehead atoms. The van der Waals surface area contributed by atoms with Crippen molar-refractivity contribution in [2.24, 2.45) is 0 Å². The number of fused-ring (bicyclic) bond motifs is 1. The standard InChI is InChI=1S/C27H23N5O6/c1-28-27-26(29-24(34)30-27,36-17-20-11-5-2-6-12-20)23(33)31(37-18-21-13-7-3-8-14-21)25(35)32(27)38-19-22-15-9-4-10-16-22/h2-16H,17-19H2,(H2,29,30,34). The Morgan fingerprint density at radius 3 is 1.74 bits per heavy atom. The summed E-state index contributed by atoms with van der Waals surface area (Å²) in [6, 6.07) is 24.7. The number of nitrogens with zero attached hydrogens (tertiary/aromatic N) is 3. The Balaban J connectivity index is 1.53. The predicted octanol–water partition coefficient (Wildman–Crippen LogP) is 3.31. The summed E-state index contributed by atoms with van der Waals surface area (Å²) in [6.45, 7) is 7.56. The number of urea groups is 2. The number of hydrogen-bond donors (Lipinski definition) is 2. The average molecular weight is 514 g/mol. The monoisotopic (exact) mass is 513 g/mol. The predicted molar refractivity (Wildman–Crippen MR) is 132 cm³/mol. The number of carbonyl (C=O) groups is 3. The molecule has 38 heavy (non-hydrogen) atoms. The third-order valence-corrected chi connectivity index (χ3v) is 6.06. The minimum atomic E-state index is -2.39. The van der Waals surface area contributed by atoms with E-state index in [4.69, 9.17) is 21.0 Å². The third kappa shape index (κ3) is 4.33. The highest BCUT2D eigenvalue weighted by Crippen LogP contribution is 2.41. The van der Waals surface area contributed by atoms with Crippen LogP contribution in [0.2, 0.25) is 0 Å². The van der Waals surface area contributed by atoms with Gasteiger partial charge in [-0.15, -0.1) is 5.06 Å². The van der Waals surface area contributed by atoms with E-state index in [0.29, 0.717) is 26.8 Å². The number of carbonyl (C=O) groups excluding carboxylic acids is 3. The SMILES string of the molecule is [C-]#[N+]C12NC(=O)NC1(OCc1ccccc1)C(=O)N(OCc1ccccc1)C(=O)N2OCc1ccccc1. The zero-order valence-electron chi connectivity index (χ0n) is 20.1. The minimum Gasteiger partial charge on any atom is -0.332 e. The summed E-state index contributed by atoms with van der Waals surface area (Å²) in [7, 11) is 0. The molecule has 5 amide bonds. The zero-order valence-corrected chi connectivity index (χ0v) is 20.1. The highest BCUT2D eigenvalue weighted by atomic mass is 16.7. The number of benzene rings is 3. The summed E-state index contributed by atoms with van der Waals surface area (Å²) in [6.07, 6.45) is 0. The van der Waals surface area contributed by atoms with Crippen LogP contribution in [-0.4, -0.2) is 39.6 Å². The lowest BCUT2D eigenvalue weighted by Gasteiger charge is -2.44. The molecule has 0 spiro atoms. The van der Waals surface area contributed by atoms with Crippen LogP contribution in [0, 0.1) is 6.57 Å². The molecular weight excluding hydrogens is 490 g/mol. The van der Waals surface area contributed by atoms with Gasteiger partial charge in [-0.2, -0.15) is 0 Å². The molecule has 2 heterocycles. The second-order valence-electron chi connectivity index (χ2n) is 8.51. The maximum Gasteiger partial charge on any atom is 0.476 e. The Labute approximate surface area is 218 Å². The summed E-state index contributed by atoms with van der Waals surface area (Å²) >= 11 is 0. The molecule has 5 rings (SSSR count). The van der Waals surface area contributed by atoms with Crippen LogP contribution in [0.4, 0.5) is 9.59 Å². The molecule has 11 heteroatoms. The molecule has 2 saturated heterocycles. The van der Waals surface area contributed by atoms with Gasteiger partial charge in [-0.3, -0.25) is 24.6 Å². The molecule has 2 fully saturated rings. The molecule has 0 saturated carbocycles. The summed E-state index contributed by atoms with van der Waals surface area (Å²) in [5, 5.41) is 5.90. The van der Waals surface area contributed by atoms with E-state index in [1.165, 1.54) is 0 Å². The smallest absolute Gasteiger partial charge is 0.332 e. The first-order valence-corrected chi connectivity index (χ1v) is 11.7. The molecule has 2 N–H and O–H groups in total. The largest absolute Gasteiger partial charge is 0.476 e. The van der Waals surface area contributed by atoms with Crippen LogP contribution in [0.1, 0.15) is 16.7 Å². The van der Waals surface area contributed by atoms with Crippen molar-refractivity contribution in [1.29, 1.82) is 0 Å². The topological polar surface area (TPSA) is 114 Å². The van der Waals surface area contributed by atoms with E-state index in [2.05, 4.69) is 15.5 Å². The van der Waals surface area contributed by atoms with Gasteiger partial charge in [-0.1, -0.05) is 96.1 Å². The number of amides is 5. The van der Waals surface area contributed by atoms with Crippen molar-refractivity contribution in [2.45, 2.75) is 31.3 Å². The van der Waals surface area contributed by atoms with Gasteiger partial charge >= 0.3 is 29.5 Å². The Kier molecular flexibility index (Phi) is 6.76. The van der Waals surface area contributed by atoms with Crippen LogP contribution in [-0.2, 0) is 39.0 Å². The molecule has 2 aliphatic heterocycles. The fourth-order valence-corrected chi connectivity index (χ4v) is 4.18. The summed E-state index contributed by atoms with van der Waals surface area (Å²) in [5.74, 6) is -3.47. The van der Waals surface area contributed by atoms with Crippen LogP contribution >= 0.6 is 0 Å². The van der Waals surface area contributed by atoms with Gasteiger partial charge in [0.25, 0.3) is 0 Å². The average Bonchev–Trinajstić information content (AvgIpc) is 3.26.